The van der Waals surface area contributed by atoms with Crippen molar-refractivity contribution in [2.45, 2.75) is 44.8 Å². The van der Waals surface area contributed by atoms with Crippen molar-refractivity contribution in [2.75, 3.05) is 11.4 Å². The van der Waals surface area contributed by atoms with Gasteiger partial charge in [-0.2, -0.15) is 13.2 Å². The van der Waals surface area contributed by atoms with Crippen LogP contribution in [0.1, 0.15) is 38.4 Å². The summed E-state index contributed by atoms with van der Waals surface area (Å²) >= 11 is 5.69. The number of anilines is 1. The molecule has 7 heteroatoms. The van der Waals surface area contributed by atoms with Gasteiger partial charge in [0.2, 0.25) is 5.82 Å². The monoisotopic (exact) mass is 293 g/mol. The van der Waals surface area contributed by atoms with Crippen LogP contribution < -0.4 is 4.90 Å². The van der Waals surface area contributed by atoms with Crippen molar-refractivity contribution in [3.8, 4) is 0 Å². The zero-order valence-corrected chi connectivity index (χ0v) is 11.3. The maximum Gasteiger partial charge on any atom is 0.451 e. The predicted molar refractivity (Wildman–Crippen MR) is 67.3 cm³/mol. The SMILES string of the molecule is CC1CCCCCN1c1cc(Cl)nc(C(F)(F)F)n1. The van der Waals surface area contributed by atoms with Crippen molar-refractivity contribution in [3.05, 3.63) is 17.0 Å². The maximum absolute atomic E-state index is 12.7. The summed E-state index contributed by atoms with van der Waals surface area (Å²) in [4.78, 5) is 8.76. The average Bonchev–Trinajstić information content (AvgIpc) is 2.52. The molecule has 3 nitrogen and oxygen atoms in total. The largest absolute Gasteiger partial charge is 0.451 e. The number of hydrogen-bond acceptors (Lipinski definition) is 3. The fraction of sp³-hybridized carbons (Fsp3) is 0.667. The van der Waals surface area contributed by atoms with Crippen molar-refractivity contribution in [2.24, 2.45) is 0 Å². The highest BCUT2D eigenvalue weighted by atomic mass is 35.5. The van der Waals surface area contributed by atoms with Crippen molar-refractivity contribution in [1.29, 1.82) is 0 Å². The van der Waals surface area contributed by atoms with Crippen LogP contribution in [0.15, 0.2) is 6.07 Å². The Morgan fingerprint density at radius 3 is 2.68 bits per heavy atom. The molecule has 1 atom stereocenters. The molecule has 1 aromatic heterocycles. The molecule has 0 bridgehead atoms. The molecule has 106 valence electrons. The van der Waals surface area contributed by atoms with Gasteiger partial charge in [-0.15, -0.1) is 0 Å². The van der Waals surface area contributed by atoms with E-state index in [1.165, 1.54) is 6.07 Å². The quantitative estimate of drug-likeness (QED) is 0.735. The predicted octanol–water partition coefficient (Wildman–Crippen LogP) is 3.92. The van der Waals surface area contributed by atoms with Gasteiger partial charge in [0.15, 0.2) is 0 Å². The Hall–Kier alpha value is -1.04. The van der Waals surface area contributed by atoms with E-state index in [0.717, 1.165) is 25.7 Å². The summed E-state index contributed by atoms with van der Waals surface area (Å²) in [6.07, 6.45) is -0.501. The summed E-state index contributed by atoms with van der Waals surface area (Å²) in [5.41, 5.74) is 0. The number of halogens is 4. The molecule has 1 aliphatic rings. The number of aromatic nitrogens is 2. The standard InChI is InChI=1S/C12H15ClF3N3/c1-8-5-3-2-4-6-19(8)10-7-9(13)17-11(18-10)12(14,15)16/h7-8H,2-6H2,1H3. The molecule has 1 aromatic rings. The van der Waals surface area contributed by atoms with E-state index in [4.69, 9.17) is 11.6 Å². The van der Waals surface area contributed by atoms with Crippen molar-refractivity contribution in [3.63, 3.8) is 0 Å². The lowest BCUT2D eigenvalue weighted by atomic mass is 10.1. The molecule has 0 N–H and O–H groups in total. The summed E-state index contributed by atoms with van der Waals surface area (Å²) in [5, 5.41) is -0.172. The number of hydrogen-bond donors (Lipinski definition) is 0. The minimum Gasteiger partial charge on any atom is -0.354 e. The Bertz CT molecular complexity index is 450. The molecule has 2 heterocycles. The van der Waals surface area contributed by atoms with Gasteiger partial charge in [-0.3, -0.25) is 0 Å². The minimum atomic E-state index is -4.57. The van der Waals surface area contributed by atoms with E-state index >= 15 is 0 Å². The summed E-state index contributed by atoms with van der Waals surface area (Å²) in [5.74, 6) is -0.909. The fourth-order valence-corrected chi connectivity index (χ4v) is 2.47. The minimum absolute atomic E-state index is 0.162. The fourth-order valence-electron chi connectivity index (χ4n) is 2.29. The summed E-state index contributed by atoms with van der Waals surface area (Å²) < 4.78 is 38.1. The van der Waals surface area contributed by atoms with Gasteiger partial charge in [-0.1, -0.05) is 24.4 Å². The summed E-state index contributed by atoms with van der Waals surface area (Å²) in [6.45, 7) is 2.69. The third-order valence-electron chi connectivity index (χ3n) is 3.28. The Kier molecular flexibility index (Phi) is 4.18. The first-order valence-electron chi connectivity index (χ1n) is 6.26. The smallest absolute Gasteiger partial charge is 0.354 e. The third kappa shape index (κ3) is 3.49. The van der Waals surface area contributed by atoms with Crippen LogP contribution in [-0.2, 0) is 6.18 Å². The molecule has 19 heavy (non-hydrogen) atoms. The molecule has 1 saturated heterocycles. The second-order valence-corrected chi connectivity index (χ2v) is 5.15. The molecular formula is C12H15ClF3N3. The highest BCUT2D eigenvalue weighted by Crippen LogP contribution is 2.30. The molecular weight excluding hydrogens is 279 g/mol. The number of rotatable bonds is 1. The van der Waals surface area contributed by atoms with Gasteiger partial charge in [-0.05, 0) is 19.8 Å². The van der Waals surface area contributed by atoms with Gasteiger partial charge in [0.1, 0.15) is 11.0 Å². The lowest BCUT2D eigenvalue weighted by Gasteiger charge is -2.28. The van der Waals surface area contributed by atoms with Gasteiger partial charge in [0.05, 0.1) is 0 Å². The van der Waals surface area contributed by atoms with Crippen LogP contribution in [0.25, 0.3) is 0 Å². The van der Waals surface area contributed by atoms with E-state index < -0.39 is 12.0 Å². The van der Waals surface area contributed by atoms with E-state index in [0.29, 0.717) is 6.54 Å². The first-order chi connectivity index (χ1) is 8.88. The van der Waals surface area contributed by atoms with Gasteiger partial charge in [-0.25, -0.2) is 9.97 Å². The first-order valence-corrected chi connectivity index (χ1v) is 6.64. The average molecular weight is 294 g/mol. The summed E-state index contributed by atoms with van der Waals surface area (Å²) in [7, 11) is 0. The molecule has 0 aromatic carbocycles. The van der Waals surface area contributed by atoms with Crippen LogP contribution >= 0.6 is 11.6 Å². The molecule has 0 aliphatic carbocycles. The number of alkyl halides is 3. The van der Waals surface area contributed by atoms with Crippen LogP contribution in [0, 0.1) is 0 Å². The molecule has 0 spiro atoms. The number of nitrogens with zero attached hydrogens (tertiary/aromatic N) is 3. The maximum atomic E-state index is 12.7. The molecule has 1 fully saturated rings. The first kappa shape index (κ1) is 14.4. The molecule has 1 unspecified atom stereocenters. The van der Waals surface area contributed by atoms with E-state index in [1.54, 1.807) is 0 Å². The topological polar surface area (TPSA) is 29.0 Å². The Labute approximate surface area is 114 Å². The summed E-state index contributed by atoms with van der Waals surface area (Å²) in [6, 6.07) is 1.56. The van der Waals surface area contributed by atoms with Crippen LogP contribution in [-0.4, -0.2) is 22.6 Å². The zero-order valence-electron chi connectivity index (χ0n) is 10.5. The lowest BCUT2D eigenvalue weighted by Crippen LogP contribution is -2.33. The lowest BCUT2D eigenvalue weighted by molar-refractivity contribution is -0.144. The Morgan fingerprint density at radius 2 is 2.00 bits per heavy atom. The molecule has 2 rings (SSSR count). The van der Waals surface area contributed by atoms with Crippen molar-refractivity contribution < 1.29 is 13.2 Å². The zero-order chi connectivity index (χ0) is 14.0. The molecule has 1 aliphatic heterocycles. The third-order valence-corrected chi connectivity index (χ3v) is 3.48. The second-order valence-electron chi connectivity index (χ2n) is 4.76. The van der Waals surface area contributed by atoms with E-state index in [-0.39, 0.29) is 17.0 Å². The van der Waals surface area contributed by atoms with Crippen LogP contribution in [0.5, 0.6) is 0 Å². The van der Waals surface area contributed by atoms with Gasteiger partial charge < -0.3 is 4.90 Å². The van der Waals surface area contributed by atoms with Crippen LogP contribution in [0.4, 0.5) is 19.0 Å². The van der Waals surface area contributed by atoms with Gasteiger partial charge >= 0.3 is 6.18 Å². The van der Waals surface area contributed by atoms with Gasteiger partial charge in [0.25, 0.3) is 0 Å². The highest BCUT2D eigenvalue weighted by Gasteiger charge is 2.36. The Morgan fingerprint density at radius 1 is 1.26 bits per heavy atom. The van der Waals surface area contributed by atoms with Crippen LogP contribution in [0.3, 0.4) is 0 Å². The molecule has 0 saturated carbocycles. The van der Waals surface area contributed by atoms with E-state index in [9.17, 15) is 13.2 Å². The molecule has 0 amide bonds. The van der Waals surface area contributed by atoms with Crippen molar-refractivity contribution in [1.82, 2.24) is 9.97 Å². The van der Waals surface area contributed by atoms with E-state index in [1.807, 2.05) is 11.8 Å². The highest BCUT2D eigenvalue weighted by molar-refractivity contribution is 6.29. The van der Waals surface area contributed by atoms with E-state index in [2.05, 4.69) is 9.97 Å². The normalized spacial score (nSPS) is 21.3. The van der Waals surface area contributed by atoms with Crippen molar-refractivity contribution >= 4 is 17.4 Å². The molecule has 0 radical (unpaired) electrons. The van der Waals surface area contributed by atoms with Gasteiger partial charge in [0, 0.05) is 18.7 Å². The Balaban J connectivity index is 2.35. The second kappa shape index (κ2) is 5.53. The van der Waals surface area contributed by atoms with Crippen LogP contribution in [0.2, 0.25) is 5.15 Å².